The van der Waals surface area contributed by atoms with Crippen molar-refractivity contribution >= 4 is 49.6 Å². The lowest BCUT2D eigenvalue weighted by Crippen LogP contribution is -2.15. The smallest absolute Gasteiger partial charge is 0.0547 e. The van der Waals surface area contributed by atoms with Crippen LogP contribution in [0.25, 0.3) is 93.9 Å². The molecule has 2 heteroatoms. The van der Waals surface area contributed by atoms with Crippen LogP contribution in [0.4, 0.5) is 17.1 Å². The molecule has 69 heavy (non-hydrogen) atoms. The van der Waals surface area contributed by atoms with Gasteiger partial charge in [0.05, 0.1) is 22.4 Å². The zero-order valence-electron chi connectivity index (χ0n) is 38.6. The molecule has 1 aromatic heterocycles. The van der Waals surface area contributed by atoms with Gasteiger partial charge >= 0.3 is 0 Å². The molecule has 11 aromatic carbocycles. The van der Waals surface area contributed by atoms with Gasteiger partial charge in [-0.25, -0.2) is 0 Å². The van der Waals surface area contributed by atoms with Gasteiger partial charge in [0.25, 0.3) is 0 Å². The summed E-state index contributed by atoms with van der Waals surface area (Å²) in [5, 5.41) is 4.95. The van der Waals surface area contributed by atoms with Gasteiger partial charge in [0, 0.05) is 38.7 Å². The minimum Gasteiger partial charge on any atom is -0.309 e. The van der Waals surface area contributed by atoms with Crippen LogP contribution in [0.3, 0.4) is 0 Å². The topological polar surface area (TPSA) is 8.17 Å². The van der Waals surface area contributed by atoms with Crippen molar-refractivity contribution in [3.8, 4) is 61.3 Å². The SMILES string of the molecule is CC1(C)c2ccccc2-c2ccc(-c3ccccc3N(c3ccc(-c4cccc5c4c4ccccc4n5-c4ccccc4)cc3)c3ccccc3-c3cccc4cccc(-c5ccccc5)c34)cc21. The standard InChI is InChI=1S/C67H48N2/c1-67(2)59-33-13-9-27-54(59)55-43-40-48(44-60(55)67)51-26-10-14-34-61(51)68(62-35-15-11-28-56(62)57-32-18-23-47-22-17-30-52(65(47)57)45-20-5-3-6-21-45)50-41-38-46(39-42-50)53-31-19-37-64-66(53)58-29-12-16-36-63(58)69(64)49-24-7-4-8-25-49/h3-44H,1-2H3. The fourth-order valence-corrected chi connectivity index (χ4v) is 11.4. The van der Waals surface area contributed by atoms with Crippen molar-refractivity contribution in [2.45, 2.75) is 19.3 Å². The summed E-state index contributed by atoms with van der Waals surface area (Å²) in [6.07, 6.45) is 0. The van der Waals surface area contributed by atoms with E-state index < -0.39 is 0 Å². The Morgan fingerprint density at radius 3 is 1.62 bits per heavy atom. The molecule has 326 valence electrons. The first-order valence-corrected chi connectivity index (χ1v) is 24.0. The van der Waals surface area contributed by atoms with Crippen LogP contribution >= 0.6 is 0 Å². The zero-order chi connectivity index (χ0) is 46.1. The molecule has 0 bridgehead atoms. The van der Waals surface area contributed by atoms with Gasteiger partial charge in [0.1, 0.15) is 0 Å². The molecule has 1 aliphatic rings. The maximum Gasteiger partial charge on any atom is 0.0547 e. The molecule has 0 radical (unpaired) electrons. The molecule has 2 nitrogen and oxygen atoms in total. The molecule has 1 heterocycles. The van der Waals surface area contributed by atoms with Gasteiger partial charge in [0.2, 0.25) is 0 Å². The highest BCUT2D eigenvalue weighted by molar-refractivity contribution is 6.16. The summed E-state index contributed by atoms with van der Waals surface area (Å²) >= 11 is 0. The number of anilines is 3. The molecular formula is C67H48N2. The van der Waals surface area contributed by atoms with Gasteiger partial charge in [-0.15, -0.1) is 0 Å². The maximum atomic E-state index is 2.49. The number of para-hydroxylation sites is 4. The van der Waals surface area contributed by atoms with Gasteiger partial charge in [-0.3, -0.25) is 0 Å². The van der Waals surface area contributed by atoms with E-state index in [1.54, 1.807) is 0 Å². The van der Waals surface area contributed by atoms with Crippen LogP contribution in [0.15, 0.2) is 255 Å². The second-order valence-corrected chi connectivity index (χ2v) is 18.8. The number of hydrogen-bond acceptors (Lipinski definition) is 1. The van der Waals surface area contributed by atoms with Crippen molar-refractivity contribution in [3.05, 3.63) is 266 Å². The lowest BCUT2D eigenvalue weighted by molar-refractivity contribution is 0.660. The summed E-state index contributed by atoms with van der Waals surface area (Å²) in [5.74, 6) is 0. The molecule has 0 aliphatic heterocycles. The van der Waals surface area contributed by atoms with E-state index >= 15 is 0 Å². The maximum absolute atomic E-state index is 2.49. The summed E-state index contributed by atoms with van der Waals surface area (Å²) in [5.41, 5.74) is 21.6. The highest BCUT2D eigenvalue weighted by atomic mass is 15.1. The summed E-state index contributed by atoms with van der Waals surface area (Å²) < 4.78 is 2.40. The van der Waals surface area contributed by atoms with E-state index in [-0.39, 0.29) is 5.41 Å². The predicted octanol–water partition coefficient (Wildman–Crippen LogP) is 18.4. The van der Waals surface area contributed by atoms with E-state index in [4.69, 9.17) is 0 Å². The highest BCUT2D eigenvalue weighted by Crippen LogP contribution is 2.52. The Kier molecular flexibility index (Phi) is 9.55. The Morgan fingerprint density at radius 2 is 0.855 bits per heavy atom. The van der Waals surface area contributed by atoms with Gasteiger partial charge in [0.15, 0.2) is 0 Å². The first-order chi connectivity index (χ1) is 34.0. The van der Waals surface area contributed by atoms with Crippen LogP contribution in [0.1, 0.15) is 25.0 Å². The summed E-state index contributed by atoms with van der Waals surface area (Å²) in [4.78, 5) is 2.49. The normalized spacial score (nSPS) is 12.6. The van der Waals surface area contributed by atoms with Gasteiger partial charge in [-0.2, -0.15) is 0 Å². The average Bonchev–Trinajstić information content (AvgIpc) is 3.87. The number of hydrogen-bond donors (Lipinski definition) is 0. The Hall–Kier alpha value is -8.72. The first kappa shape index (κ1) is 40.5. The third kappa shape index (κ3) is 6.55. The monoisotopic (exact) mass is 880 g/mol. The molecule has 0 fully saturated rings. The third-order valence-corrected chi connectivity index (χ3v) is 14.6. The van der Waals surface area contributed by atoms with Crippen LogP contribution < -0.4 is 4.90 Å². The number of benzene rings is 11. The van der Waals surface area contributed by atoms with E-state index in [9.17, 15) is 0 Å². The molecule has 1 aliphatic carbocycles. The molecule has 0 amide bonds. The van der Waals surface area contributed by atoms with Crippen molar-refractivity contribution in [2.24, 2.45) is 0 Å². The quantitative estimate of drug-likeness (QED) is 0.148. The van der Waals surface area contributed by atoms with Crippen LogP contribution in [0.2, 0.25) is 0 Å². The zero-order valence-corrected chi connectivity index (χ0v) is 38.6. The number of aromatic nitrogens is 1. The molecule has 0 atom stereocenters. The molecule has 13 rings (SSSR count). The Labute approximate surface area is 403 Å². The first-order valence-electron chi connectivity index (χ1n) is 24.0. The second-order valence-electron chi connectivity index (χ2n) is 18.8. The van der Waals surface area contributed by atoms with E-state index in [1.165, 1.54) is 93.8 Å². The van der Waals surface area contributed by atoms with Gasteiger partial charge in [-0.05, 0) is 121 Å². The van der Waals surface area contributed by atoms with E-state index in [2.05, 4.69) is 278 Å². The predicted molar refractivity (Wildman–Crippen MR) is 292 cm³/mol. The third-order valence-electron chi connectivity index (χ3n) is 14.6. The lowest BCUT2D eigenvalue weighted by Gasteiger charge is -2.30. The minimum absolute atomic E-state index is 0.125. The molecule has 0 saturated carbocycles. The number of rotatable bonds is 8. The van der Waals surface area contributed by atoms with Crippen molar-refractivity contribution < 1.29 is 0 Å². The minimum atomic E-state index is -0.125. The number of fused-ring (bicyclic) bond motifs is 7. The highest BCUT2D eigenvalue weighted by Gasteiger charge is 2.35. The fourth-order valence-electron chi connectivity index (χ4n) is 11.4. The Morgan fingerprint density at radius 1 is 0.333 bits per heavy atom. The largest absolute Gasteiger partial charge is 0.309 e. The van der Waals surface area contributed by atoms with Crippen molar-refractivity contribution in [1.82, 2.24) is 4.57 Å². The molecule has 0 saturated heterocycles. The molecule has 0 N–H and O–H groups in total. The molecule has 12 aromatic rings. The van der Waals surface area contributed by atoms with Gasteiger partial charge < -0.3 is 9.47 Å². The number of nitrogens with zero attached hydrogens (tertiary/aromatic N) is 2. The van der Waals surface area contributed by atoms with Crippen molar-refractivity contribution in [2.75, 3.05) is 4.90 Å². The van der Waals surface area contributed by atoms with Crippen LogP contribution in [0.5, 0.6) is 0 Å². The van der Waals surface area contributed by atoms with Gasteiger partial charge in [-0.1, -0.05) is 214 Å². The summed E-state index contributed by atoms with van der Waals surface area (Å²) in [6, 6.07) is 93.7. The molecular weight excluding hydrogens is 833 g/mol. The van der Waals surface area contributed by atoms with Crippen LogP contribution in [-0.2, 0) is 5.41 Å². The second kappa shape index (κ2) is 16.3. The van der Waals surface area contributed by atoms with Crippen LogP contribution in [-0.4, -0.2) is 4.57 Å². The molecule has 0 spiro atoms. The fraction of sp³-hybridized carbons (Fsp3) is 0.0448. The lowest BCUT2D eigenvalue weighted by atomic mass is 9.81. The van der Waals surface area contributed by atoms with E-state index in [1.807, 2.05) is 0 Å². The average molecular weight is 881 g/mol. The van der Waals surface area contributed by atoms with E-state index in [0.29, 0.717) is 0 Å². The summed E-state index contributed by atoms with van der Waals surface area (Å²) in [6.45, 7) is 4.73. The Bertz CT molecular complexity index is 3910. The van der Waals surface area contributed by atoms with Crippen molar-refractivity contribution in [3.63, 3.8) is 0 Å². The van der Waals surface area contributed by atoms with E-state index in [0.717, 1.165) is 28.3 Å². The summed E-state index contributed by atoms with van der Waals surface area (Å²) in [7, 11) is 0. The van der Waals surface area contributed by atoms with Crippen LogP contribution in [0, 0.1) is 0 Å². The molecule has 0 unspecified atom stereocenters. The Balaban J connectivity index is 1.02. The van der Waals surface area contributed by atoms with Crippen molar-refractivity contribution in [1.29, 1.82) is 0 Å².